The summed E-state index contributed by atoms with van der Waals surface area (Å²) in [5, 5.41) is 12.7. The molecule has 0 atom stereocenters. The second kappa shape index (κ2) is 50.2. The molecule has 1 fully saturated rings. The molecule has 0 bridgehead atoms. The minimum Gasteiger partial charge on any atom is -0.401 e. The van der Waals surface area contributed by atoms with Crippen LogP contribution in [0.4, 0.5) is 0 Å². The van der Waals surface area contributed by atoms with E-state index >= 15 is 0 Å². The summed E-state index contributed by atoms with van der Waals surface area (Å²) in [6.45, 7) is 15.7. The summed E-state index contributed by atoms with van der Waals surface area (Å²) in [7, 11) is 0. The molecule has 65 heavy (non-hydrogen) atoms. The first kappa shape index (κ1) is 63.9. The predicted octanol–water partition coefficient (Wildman–Crippen LogP) is 9.72. The van der Waals surface area contributed by atoms with E-state index in [9.17, 15) is 24.0 Å². The van der Waals surface area contributed by atoms with E-state index in [-0.39, 0.29) is 30.2 Å². The third kappa shape index (κ3) is 48.6. The Morgan fingerprint density at radius 2 is 1.02 bits per heavy atom. The molecule has 0 aromatic rings. The lowest BCUT2D eigenvalue weighted by Gasteiger charge is -2.27. The van der Waals surface area contributed by atoms with Crippen molar-refractivity contribution < 1.29 is 24.0 Å². The molecule has 1 rings (SSSR count). The molecule has 4 amide bonds. The number of nitrogens with one attached hydrogen (secondary N) is 4. The van der Waals surface area contributed by atoms with Crippen molar-refractivity contribution in [3.05, 3.63) is 11.9 Å². The number of Topliss-reactive ketones (excluding diaryl/α,β-unsaturated/α-hetero) is 1. The molecule has 13 nitrogen and oxygen atoms in total. The van der Waals surface area contributed by atoms with Gasteiger partial charge in [-0.15, -0.1) is 0 Å². The molecule has 0 unspecified atom stereocenters. The number of unbranched alkanes of at least 4 members (excludes halogenated alkanes) is 22. The maximum atomic E-state index is 12.0. The van der Waals surface area contributed by atoms with Crippen LogP contribution in [0.3, 0.4) is 0 Å². The first-order chi connectivity index (χ1) is 31.5. The minimum atomic E-state index is -0.208. The molecule has 8 N–H and O–H groups in total. The quantitative estimate of drug-likeness (QED) is 0.0150. The largest absolute Gasteiger partial charge is 0.401 e. The van der Waals surface area contributed by atoms with Crippen molar-refractivity contribution in [1.29, 1.82) is 0 Å². The number of nitrogens with two attached hydrogens (primary N) is 2. The van der Waals surface area contributed by atoms with Crippen LogP contribution in [0.5, 0.6) is 0 Å². The molecule has 0 aromatic carbocycles. The fourth-order valence-corrected chi connectivity index (χ4v) is 7.41. The zero-order chi connectivity index (χ0) is 48.4. The van der Waals surface area contributed by atoms with Crippen LogP contribution in [0.1, 0.15) is 234 Å². The fraction of sp³-hybridized carbons (Fsp3) is 0.865. The lowest BCUT2D eigenvalue weighted by atomic mass is 10.0. The molecule has 1 aliphatic rings. The maximum absolute atomic E-state index is 12.0. The summed E-state index contributed by atoms with van der Waals surface area (Å²) < 4.78 is 0. The average molecular weight is 921 g/mol. The van der Waals surface area contributed by atoms with Crippen LogP contribution in [-0.2, 0) is 24.0 Å². The Morgan fingerprint density at radius 3 is 1.46 bits per heavy atom. The second-order valence-corrected chi connectivity index (χ2v) is 18.4. The Bertz CT molecular complexity index is 1130. The van der Waals surface area contributed by atoms with Crippen LogP contribution < -0.4 is 32.8 Å². The highest BCUT2D eigenvalue weighted by molar-refractivity contribution is 5.80. The highest BCUT2D eigenvalue weighted by atomic mass is 16.2. The monoisotopic (exact) mass is 921 g/mol. The molecule has 0 saturated carbocycles. The Balaban J connectivity index is 0. The van der Waals surface area contributed by atoms with E-state index in [2.05, 4.69) is 42.0 Å². The fourth-order valence-electron chi connectivity index (χ4n) is 7.41. The van der Waals surface area contributed by atoms with E-state index in [4.69, 9.17) is 11.6 Å². The summed E-state index contributed by atoms with van der Waals surface area (Å²) in [4.78, 5) is 58.2. The number of rotatable bonds is 41. The molecule has 1 heterocycles. The molecule has 1 aliphatic heterocycles. The number of piperazine rings is 1. The Hall–Kier alpha value is -3.19. The van der Waals surface area contributed by atoms with Crippen molar-refractivity contribution in [1.82, 2.24) is 31.2 Å². The third-order valence-electron chi connectivity index (χ3n) is 11.7. The summed E-state index contributed by atoms with van der Waals surface area (Å²) >= 11 is 0. The SMILES string of the molecule is CCCCCCCCCCCCCCCCCCCCCC.CCCCN(N)/C=C(\N)CCCC(=O)C(C)C.O=CNCC(=O)NCCCCCNC(=O)CCCC(=O)N1CCNCC1. The van der Waals surface area contributed by atoms with E-state index in [1.807, 2.05) is 18.7 Å². The highest BCUT2D eigenvalue weighted by Crippen LogP contribution is 2.15. The normalized spacial score (nSPS) is 12.4. The Morgan fingerprint density at radius 1 is 0.585 bits per heavy atom. The van der Waals surface area contributed by atoms with E-state index < -0.39 is 0 Å². The van der Waals surface area contributed by atoms with Gasteiger partial charge in [0.15, 0.2) is 0 Å². The number of hydrogen-bond acceptors (Lipinski definition) is 9. The predicted molar refractivity (Wildman–Crippen MR) is 273 cm³/mol. The van der Waals surface area contributed by atoms with Crippen LogP contribution in [0, 0.1) is 5.92 Å². The Kier molecular flexibility index (Phi) is 49.4. The summed E-state index contributed by atoms with van der Waals surface area (Å²) in [6, 6.07) is 0. The number of hydrogen-bond donors (Lipinski definition) is 6. The van der Waals surface area contributed by atoms with Crippen molar-refractivity contribution in [3.63, 3.8) is 0 Å². The number of hydrazine groups is 1. The van der Waals surface area contributed by atoms with Crippen LogP contribution in [0.25, 0.3) is 0 Å². The van der Waals surface area contributed by atoms with E-state index in [1.54, 1.807) is 11.2 Å². The topological polar surface area (TPSA) is 192 Å². The van der Waals surface area contributed by atoms with Gasteiger partial charge in [-0.25, -0.2) is 5.84 Å². The zero-order valence-corrected chi connectivity index (χ0v) is 42.9. The molecule has 1 saturated heterocycles. The van der Waals surface area contributed by atoms with Gasteiger partial charge in [0, 0.05) is 82.9 Å². The number of carbonyl (C=O) groups is 5. The molecule has 382 valence electrons. The van der Waals surface area contributed by atoms with E-state index in [0.717, 1.165) is 83.4 Å². The van der Waals surface area contributed by atoms with Gasteiger partial charge >= 0.3 is 0 Å². The number of amides is 4. The average Bonchev–Trinajstić information content (AvgIpc) is 3.30. The van der Waals surface area contributed by atoms with Crippen LogP contribution in [-0.4, -0.2) is 92.2 Å². The lowest BCUT2D eigenvalue weighted by Crippen LogP contribution is -2.46. The van der Waals surface area contributed by atoms with Crippen molar-refractivity contribution in [2.45, 2.75) is 234 Å². The first-order valence-electron chi connectivity index (χ1n) is 26.7. The molecular weight excluding hydrogens is 817 g/mol. The molecular formula is C52H104N8O5. The van der Waals surface area contributed by atoms with Gasteiger partial charge in [-0.1, -0.05) is 169 Å². The third-order valence-corrected chi connectivity index (χ3v) is 11.7. The van der Waals surface area contributed by atoms with E-state index in [0.29, 0.717) is 51.0 Å². The van der Waals surface area contributed by atoms with Crippen molar-refractivity contribution in [3.8, 4) is 0 Å². The molecule has 0 radical (unpaired) electrons. The van der Waals surface area contributed by atoms with Gasteiger partial charge in [0.2, 0.25) is 24.1 Å². The van der Waals surface area contributed by atoms with Crippen LogP contribution >= 0.6 is 0 Å². The van der Waals surface area contributed by atoms with Gasteiger partial charge in [-0.2, -0.15) is 0 Å². The summed E-state index contributed by atoms with van der Waals surface area (Å²) in [5.41, 5.74) is 6.59. The minimum absolute atomic E-state index is 0.00326. The number of nitrogens with zero attached hydrogens (tertiary/aromatic N) is 2. The summed E-state index contributed by atoms with van der Waals surface area (Å²) in [6.07, 6.45) is 39.9. The first-order valence-corrected chi connectivity index (χ1v) is 26.7. The van der Waals surface area contributed by atoms with Crippen LogP contribution in [0.2, 0.25) is 0 Å². The lowest BCUT2D eigenvalue weighted by molar-refractivity contribution is -0.132. The zero-order valence-electron chi connectivity index (χ0n) is 42.9. The smallest absolute Gasteiger partial charge is 0.239 e. The summed E-state index contributed by atoms with van der Waals surface area (Å²) in [5.74, 6) is 6.07. The van der Waals surface area contributed by atoms with Gasteiger partial charge in [-0.3, -0.25) is 24.0 Å². The standard InChI is InChI=1S/C22H46.C17H31N5O4.C13H27N3O/c1-3-5-7-9-11-13-15-17-19-21-22-20-18-16-14-12-10-8-6-4-2;23-14-19-13-16(25)21-8-3-1-2-7-20-15(24)5-4-6-17(26)22-11-9-18-10-12-22;1-4-5-9-16(15)10-12(14)7-6-8-13(17)11(2)3/h3-22H2,1-2H3;14,18H,1-13H2,(H,19,23)(H,20,24)(H,21,25);10-11H,4-9,14-15H2,1-3H3/b;;12-10-. The van der Waals surface area contributed by atoms with Gasteiger partial charge in [0.25, 0.3) is 0 Å². The number of carbonyl (C=O) groups excluding carboxylic acids is 5. The number of allylic oxidation sites excluding steroid dienone is 1. The molecule has 13 heteroatoms. The molecule has 0 aliphatic carbocycles. The van der Waals surface area contributed by atoms with Gasteiger partial charge in [0.05, 0.1) is 6.54 Å². The highest BCUT2D eigenvalue weighted by Gasteiger charge is 2.16. The Labute approximate surface area is 399 Å². The van der Waals surface area contributed by atoms with Crippen molar-refractivity contribution in [2.24, 2.45) is 17.5 Å². The number of ketones is 1. The van der Waals surface area contributed by atoms with Gasteiger partial charge < -0.3 is 36.9 Å². The second-order valence-electron chi connectivity index (χ2n) is 18.4. The van der Waals surface area contributed by atoms with Gasteiger partial charge in [-0.05, 0) is 44.9 Å². The van der Waals surface area contributed by atoms with Crippen LogP contribution in [0.15, 0.2) is 11.9 Å². The van der Waals surface area contributed by atoms with Crippen molar-refractivity contribution >= 4 is 29.9 Å². The maximum Gasteiger partial charge on any atom is 0.239 e. The van der Waals surface area contributed by atoms with Gasteiger partial charge in [0.1, 0.15) is 5.78 Å². The molecule has 0 aromatic heterocycles. The molecule has 0 spiro atoms. The van der Waals surface area contributed by atoms with E-state index in [1.165, 1.54) is 128 Å². The van der Waals surface area contributed by atoms with Crippen molar-refractivity contribution in [2.75, 3.05) is 52.4 Å².